The van der Waals surface area contributed by atoms with Crippen LogP contribution in [0.4, 0.5) is 5.69 Å². The number of carbonyl (C=O) groups is 1. The highest BCUT2D eigenvalue weighted by atomic mass is 16.5. The maximum absolute atomic E-state index is 11.8. The van der Waals surface area contributed by atoms with Crippen LogP contribution in [0.15, 0.2) is 24.3 Å². The van der Waals surface area contributed by atoms with E-state index >= 15 is 0 Å². The predicted molar refractivity (Wildman–Crippen MR) is 66.8 cm³/mol. The van der Waals surface area contributed by atoms with Crippen LogP contribution < -0.4 is 10.6 Å². The molecule has 0 bridgehead atoms. The standard InChI is InChI=1S/C13H18N2O2/c1-14-9-10-4-6-11(7-5-10)15-13(16)12-3-2-8-17-12/h4-7,12,14H,2-3,8-9H2,1H3,(H,15,16)/t12-/m0/s1. The van der Waals surface area contributed by atoms with Gasteiger partial charge in [-0.25, -0.2) is 0 Å². The Balaban J connectivity index is 1.91. The van der Waals surface area contributed by atoms with Crippen molar-refractivity contribution in [3.05, 3.63) is 29.8 Å². The Morgan fingerprint density at radius 1 is 1.41 bits per heavy atom. The summed E-state index contributed by atoms with van der Waals surface area (Å²) in [5.41, 5.74) is 2.02. The van der Waals surface area contributed by atoms with Crippen LogP contribution in [0.25, 0.3) is 0 Å². The van der Waals surface area contributed by atoms with Crippen molar-refractivity contribution in [2.24, 2.45) is 0 Å². The number of ether oxygens (including phenoxy) is 1. The molecule has 2 N–H and O–H groups in total. The van der Waals surface area contributed by atoms with Crippen molar-refractivity contribution >= 4 is 11.6 Å². The molecule has 0 unspecified atom stereocenters. The highest BCUT2D eigenvalue weighted by molar-refractivity contribution is 5.94. The monoisotopic (exact) mass is 234 g/mol. The smallest absolute Gasteiger partial charge is 0.253 e. The van der Waals surface area contributed by atoms with Gasteiger partial charge in [-0.3, -0.25) is 4.79 Å². The van der Waals surface area contributed by atoms with Crippen LogP contribution in [0, 0.1) is 0 Å². The first-order valence-corrected chi connectivity index (χ1v) is 5.95. The van der Waals surface area contributed by atoms with Crippen LogP contribution in [-0.2, 0) is 16.1 Å². The normalized spacial score (nSPS) is 19.2. The lowest BCUT2D eigenvalue weighted by Crippen LogP contribution is -2.26. The molecule has 0 saturated carbocycles. The molecule has 92 valence electrons. The van der Waals surface area contributed by atoms with Crippen LogP contribution in [0.1, 0.15) is 18.4 Å². The van der Waals surface area contributed by atoms with E-state index < -0.39 is 0 Å². The number of anilines is 1. The second kappa shape index (κ2) is 5.80. The van der Waals surface area contributed by atoms with Crippen LogP contribution >= 0.6 is 0 Å². The minimum atomic E-state index is -0.271. The predicted octanol–water partition coefficient (Wildman–Crippen LogP) is 1.52. The first kappa shape index (κ1) is 12.1. The van der Waals surface area contributed by atoms with Crippen molar-refractivity contribution in [2.45, 2.75) is 25.5 Å². The molecular formula is C13H18N2O2. The third-order valence-corrected chi connectivity index (χ3v) is 2.82. The molecule has 1 heterocycles. The summed E-state index contributed by atoms with van der Waals surface area (Å²) >= 11 is 0. The van der Waals surface area contributed by atoms with Crippen molar-refractivity contribution in [2.75, 3.05) is 19.0 Å². The molecule has 2 rings (SSSR count). The zero-order valence-electron chi connectivity index (χ0n) is 10.0. The number of nitrogens with one attached hydrogen (secondary N) is 2. The van der Waals surface area contributed by atoms with Gasteiger partial charge in [0.2, 0.25) is 0 Å². The van der Waals surface area contributed by atoms with Gasteiger partial charge < -0.3 is 15.4 Å². The summed E-state index contributed by atoms with van der Waals surface area (Å²) in [7, 11) is 1.91. The number of amides is 1. The number of hydrogen-bond acceptors (Lipinski definition) is 3. The summed E-state index contributed by atoms with van der Waals surface area (Å²) in [6.07, 6.45) is 1.52. The molecule has 1 saturated heterocycles. The quantitative estimate of drug-likeness (QED) is 0.830. The van der Waals surface area contributed by atoms with E-state index in [0.717, 1.165) is 25.1 Å². The van der Waals surface area contributed by atoms with Gasteiger partial charge in [0.25, 0.3) is 5.91 Å². The van der Waals surface area contributed by atoms with E-state index in [9.17, 15) is 4.79 Å². The van der Waals surface area contributed by atoms with Gasteiger partial charge in [0.15, 0.2) is 0 Å². The highest BCUT2D eigenvalue weighted by Gasteiger charge is 2.23. The van der Waals surface area contributed by atoms with Gasteiger partial charge in [-0.05, 0) is 37.6 Å². The summed E-state index contributed by atoms with van der Waals surface area (Å²) in [6, 6.07) is 7.84. The Morgan fingerprint density at radius 2 is 2.18 bits per heavy atom. The molecule has 1 aliphatic heterocycles. The van der Waals surface area contributed by atoms with Crippen molar-refractivity contribution < 1.29 is 9.53 Å². The molecule has 4 nitrogen and oxygen atoms in total. The SMILES string of the molecule is CNCc1ccc(NC(=O)[C@@H]2CCCO2)cc1. The minimum Gasteiger partial charge on any atom is -0.368 e. The molecule has 4 heteroatoms. The minimum absolute atomic E-state index is 0.0381. The largest absolute Gasteiger partial charge is 0.368 e. The molecule has 1 amide bonds. The molecule has 1 fully saturated rings. The van der Waals surface area contributed by atoms with Crippen LogP contribution in [0.3, 0.4) is 0 Å². The van der Waals surface area contributed by atoms with Crippen molar-refractivity contribution in [1.29, 1.82) is 0 Å². The molecule has 0 radical (unpaired) electrons. The zero-order chi connectivity index (χ0) is 12.1. The summed E-state index contributed by atoms with van der Waals surface area (Å²) in [4.78, 5) is 11.8. The van der Waals surface area contributed by atoms with Crippen molar-refractivity contribution in [1.82, 2.24) is 5.32 Å². The van der Waals surface area contributed by atoms with Crippen molar-refractivity contribution in [3.63, 3.8) is 0 Å². The second-order valence-corrected chi connectivity index (χ2v) is 4.22. The topological polar surface area (TPSA) is 50.4 Å². The molecule has 1 atom stereocenters. The summed E-state index contributed by atoms with van der Waals surface area (Å²) in [6.45, 7) is 1.53. The van der Waals surface area contributed by atoms with Gasteiger partial charge in [0, 0.05) is 18.8 Å². The molecule has 0 spiro atoms. The van der Waals surface area contributed by atoms with Crippen LogP contribution in [0.2, 0.25) is 0 Å². The fourth-order valence-corrected chi connectivity index (χ4v) is 1.92. The first-order chi connectivity index (χ1) is 8.29. The molecular weight excluding hydrogens is 216 g/mol. The fourth-order valence-electron chi connectivity index (χ4n) is 1.92. The van der Waals surface area contributed by atoms with E-state index in [4.69, 9.17) is 4.74 Å². The third kappa shape index (κ3) is 3.28. The van der Waals surface area contributed by atoms with Gasteiger partial charge >= 0.3 is 0 Å². The van der Waals surface area contributed by atoms with Gasteiger partial charge in [-0.2, -0.15) is 0 Å². The Labute approximate surface area is 101 Å². The van der Waals surface area contributed by atoms with Crippen LogP contribution in [0.5, 0.6) is 0 Å². The van der Waals surface area contributed by atoms with E-state index in [2.05, 4.69) is 10.6 Å². The molecule has 1 aliphatic rings. The van der Waals surface area contributed by atoms with E-state index in [1.54, 1.807) is 0 Å². The van der Waals surface area contributed by atoms with Crippen molar-refractivity contribution in [3.8, 4) is 0 Å². The average Bonchev–Trinajstić information content (AvgIpc) is 2.86. The number of carbonyl (C=O) groups excluding carboxylic acids is 1. The molecule has 17 heavy (non-hydrogen) atoms. The van der Waals surface area contributed by atoms with Crippen LogP contribution in [-0.4, -0.2) is 25.7 Å². The molecule has 1 aromatic rings. The maximum Gasteiger partial charge on any atom is 0.253 e. The Kier molecular flexibility index (Phi) is 4.12. The summed E-state index contributed by atoms with van der Waals surface area (Å²) in [5.74, 6) is -0.0381. The van der Waals surface area contributed by atoms with Gasteiger partial charge in [-0.1, -0.05) is 12.1 Å². The fraction of sp³-hybridized carbons (Fsp3) is 0.462. The molecule has 0 aliphatic carbocycles. The van der Waals surface area contributed by atoms with Gasteiger partial charge in [0.05, 0.1) is 0 Å². The Morgan fingerprint density at radius 3 is 2.76 bits per heavy atom. The van der Waals surface area contributed by atoms with E-state index in [1.165, 1.54) is 5.56 Å². The lowest BCUT2D eigenvalue weighted by atomic mass is 10.2. The van der Waals surface area contributed by atoms with E-state index in [1.807, 2.05) is 31.3 Å². The van der Waals surface area contributed by atoms with Gasteiger partial charge in [0.1, 0.15) is 6.10 Å². The Hall–Kier alpha value is -1.39. The first-order valence-electron chi connectivity index (χ1n) is 5.95. The zero-order valence-corrected chi connectivity index (χ0v) is 10.0. The number of benzene rings is 1. The summed E-state index contributed by atoms with van der Waals surface area (Å²) in [5, 5.41) is 5.95. The third-order valence-electron chi connectivity index (χ3n) is 2.82. The number of hydrogen-bond donors (Lipinski definition) is 2. The molecule has 1 aromatic carbocycles. The summed E-state index contributed by atoms with van der Waals surface area (Å²) < 4.78 is 5.33. The lowest BCUT2D eigenvalue weighted by Gasteiger charge is -2.10. The average molecular weight is 234 g/mol. The molecule has 0 aromatic heterocycles. The van der Waals surface area contributed by atoms with E-state index in [-0.39, 0.29) is 12.0 Å². The van der Waals surface area contributed by atoms with Gasteiger partial charge in [-0.15, -0.1) is 0 Å². The number of rotatable bonds is 4. The van der Waals surface area contributed by atoms with E-state index in [0.29, 0.717) is 6.61 Å². The maximum atomic E-state index is 11.8. The second-order valence-electron chi connectivity index (χ2n) is 4.22. The lowest BCUT2D eigenvalue weighted by molar-refractivity contribution is -0.124. The Bertz CT molecular complexity index is 370. The highest BCUT2D eigenvalue weighted by Crippen LogP contribution is 2.15.